The predicted octanol–water partition coefficient (Wildman–Crippen LogP) is 2.88. The molecule has 1 unspecified atom stereocenters. The summed E-state index contributed by atoms with van der Waals surface area (Å²) in [6, 6.07) is 15.6. The molecule has 0 aromatic heterocycles. The number of carbonyl (C=O) groups is 1. The zero-order chi connectivity index (χ0) is 15.6. The van der Waals surface area contributed by atoms with E-state index < -0.39 is 15.1 Å². The van der Waals surface area contributed by atoms with Crippen LogP contribution < -0.4 is 4.74 Å². The summed E-state index contributed by atoms with van der Waals surface area (Å²) in [5, 5.41) is -0.710. The number of Topliss-reactive ketones (excluding diaryl/α,β-unsaturated/α-hetero) is 1. The minimum absolute atomic E-state index is 0.0253. The third-order valence-electron chi connectivity index (χ3n) is 3.80. The fourth-order valence-electron chi connectivity index (χ4n) is 2.63. The number of benzene rings is 2. The van der Waals surface area contributed by atoms with E-state index in [9.17, 15) is 13.2 Å². The first-order valence-electron chi connectivity index (χ1n) is 7.13. The molecule has 0 amide bonds. The lowest BCUT2D eigenvalue weighted by molar-refractivity contribution is 0.0971. The first-order valence-corrected chi connectivity index (χ1v) is 8.67. The fraction of sp³-hybridized carbons (Fsp3) is 0.235. The van der Waals surface area contributed by atoms with Crippen molar-refractivity contribution in [3.63, 3.8) is 0 Å². The van der Waals surface area contributed by atoms with Gasteiger partial charge in [0, 0.05) is 12.0 Å². The zero-order valence-electron chi connectivity index (χ0n) is 11.9. The number of fused-ring (bicyclic) bond motifs is 1. The maximum atomic E-state index is 12.6. The van der Waals surface area contributed by atoms with Gasteiger partial charge < -0.3 is 4.74 Å². The number of sulfone groups is 1. The molecule has 1 aliphatic heterocycles. The average Bonchev–Trinajstić information content (AvgIpc) is 2.54. The number of carbonyl (C=O) groups excluding carboxylic acids is 1. The average molecular weight is 316 g/mol. The molecule has 1 atom stereocenters. The van der Waals surface area contributed by atoms with E-state index in [0.717, 1.165) is 0 Å². The summed E-state index contributed by atoms with van der Waals surface area (Å²) < 4.78 is 30.7. The molecule has 0 saturated carbocycles. The van der Waals surface area contributed by atoms with Crippen molar-refractivity contribution in [2.24, 2.45) is 0 Å². The summed E-state index contributed by atoms with van der Waals surface area (Å²) >= 11 is 0. The van der Waals surface area contributed by atoms with Crippen molar-refractivity contribution in [2.45, 2.75) is 23.0 Å². The SMILES string of the molecule is O=C1CC(CCOc2ccccc2)S(=O)(=O)c2ccccc21. The number of rotatable bonds is 4. The lowest BCUT2D eigenvalue weighted by atomic mass is 10.0. The molecule has 0 radical (unpaired) electrons. The van der Waals surface area contributed by atoms with Crippen LogP contribution in [0.15, 0.2) is 59.5 Å². The topological polar surface area (TPSA) is 60.4 Å². The summed E-state index contributed by atoms with van der Waals surface area (Å²) in [6.07, 6.45) is 0.328. The van der Waals surface area contributed by atoms with E-state index in [1.54, 1.807) is 18.2 Å². The van der Waals surface area contributed by atoms with Crippen LogP contribution in [0.4, 0.5) is 0 Å². The Morgan fingerprint density at radius 2 is 1.68 bits per heavy atom. The molecule has 5 heteroatoms. The summed E-state index contributed by atoms with van der Waals surface area (Å²) in [5.41, 5.74) is 0.308. The van der Waals surface area contributed by atoms with E-state index in [4.69, 9.17) is 4.74 Å². The zero-order valence-corrected chi connectivity index (χ0v) is 12.8. The molecule has 114 valence electrons. The second kappa shape index (κ2) is 5.93. The van der Waals surface area contributed by atoms with Crippen LogP contribution >= 0.6 is 0 Å². The van der Waals surface area contributed by atoms with Crippen molar-refractivity contribution in [3.05, 3.63) is 60.2 Å². The predicted molar refractivity (Wildman–Crippen MR) is 82.9 cm³/mol. The van der Waals surface area contributed by atoms with Gasteiger partial charge in [-0.2, -0.15) is 0 Å². The summed E-state index contributed by atoms with van der Waals surface area (Å²) in [7, 11) is -3.47. The first kappa shape index (κ1) is 14.8. The Bertz CT molecular complexity index is 781. The maximum absolute atomic E-state index is 12.6. The third-order valence-corrected chi connectivity index (χ3v) is 6.05. The Labute approximate surface area is 129 Å². The standard InChI is InChI=1S/C17H16O4S/c18-16-12-14(10-11-21-13-6-2-1-3-7-13)22(19,20)17-9-5-4-8-15(16)17/h1-9,14H,10-12H2. The van der Waals surface area contributed by atoms with Crippen LogP contribution in [0.1, 0.15) is 23.2 Å². The van der Waals surface area contributed by atoms with Crippen molar-refractivity contribution in [1.82, 2.24) is 0 Å². The Kier molecular flexibility index (Phi) is 3.98. The van der Waals surface area contributed by atoms with Gasteiger partial charge in [-0.25, -0.2) is 8.42 Å². The summed E-state index contributed by atoms with van der Waals surface area (Å²) in [4.78, 5) is 12.3. The molecule has 2 aromatic rings. The highest BCUT2D eigenvalue weighted by Gasteiger charge is 2.37. The van der Waals surface area contributed by atoms with Crippen LogP contribution in [0.25, 0.3) is 0 Å². The van der Waals surface area contributed by atoms with Crippen molar-refractivity contribution in [3.8, 4) is 5.75 Å². The summed E-state index contributed by atoms with van der Waals surface area (Å²) in [6.45, 7) is 0.267. The molecule has 2 aromatic carbocycles. The van der Waals surface area contributed by atoms with Gasteiger partial charge in [0.25, 0.3) is 0 Å². The quantitative estimate of drug-likeness (QED) is 0.870. The van der Waals surface area contributed by atoms with E-state index in [0.29, 0.717) is 17.7 Å². The second-order valence-electron chi connectivity index (χ2n) is 5.24. The molecule has 0 N–H and O–H groups in total. The maximum Gasteiger partial charge on any atom is 0.182 e. The Morgan fingerprint density at radius 1 is 1.00 bits per heavy atom. The Balaban J connectivity index is 1.74. The van der Waals surface area contributed by atoms with Gasteiger partial charge >= 0.3 is 0 Å². The van der Waals surface area contributed by atoms with Crippen LogP contribution in [0, 0.1) is 0 Å². The Hall–Kier alpha value is -2.14. The molecular weight excluding hydrogens is 300 g/mol. The monoisotopic (exact) mass is 316 g/mol. The Morgan fingerprint density at radius 3 is 2.45 bits per heavy atom. The molecule has 0 bridgehead atoms. The van der Waals surface area contributed by atoms with Crippen molar-refractivity contribution < 1.29 is 17.9 Å². The molecule has 1 heterocycles. The lowest BCUT2D eigenvalue weighted by Crippen LogP contribution is -2.32. The smallest absolute Gasteiger partial charge is 0.182 e. The molecule has 4 nitrogen and oxygen atoms in total. The van der Waals surface area contributed by atoms with Crippen molar-refractivity contribution >= 4 is 15.6 Å². The van der Waals surface area contributed by atoms with Crippen LogP contribution in [-0.2, 0) is 9.84 Å². The number of ether oxygens (including phenoxy) is 1. The normalized spacial score (nSPS) is 19.5. The van der Waals surface area contributed by atoms with E-state index in [1.807, 2.05) is 30.3 Å². The largest absolute Gasteiger partial charge is 0.494 e. The van der Waals surface area contributed by atoms with E-state index in [-0.39, 0.29) is 23.7 Å². The van der Waals surface area contributed by atoms with Gasteiger partial charge in [-0.3, -0.25) is 4.79 Å². The van der Waals surface area contributed by atoms with Gasteiger partial charge in [0.2, 0.25) is 0 Å². The fourth-order valence-corrected chi connectivity index (χ4v) is 4.53. The van der Waals surface area contributed by atoms with Gasteiger partial charge in [0.1, 0.15) is 5.75 Å². The first-order chi connectivity index (χ1) is 10.6. The molecule has 1 aliphatic rings. The van der Waals surface area contributed by atoms with Gasteiger partial charge in [-0.05, 0) is 24.6 Å². The van der Waals surface area contributed by atoms with E-state index in [2.05, 4.69) is 0 Å². The number of hydrogen-bond acceptors (Lipinski definition) is 4. The van der Waals surface area contributed by atoms with Gasteiger partial charge in [-0.1, -0.05) is 36.4 Å². The van der Waals surface area contributed by atoms with Crippen molar-refractivity contribution in [1.29, 1.82) is 0 Å². The minimum Gasteiger partial charge on any atom is -0.494 e. The second-order valence-corrected chi connectivity index (χ2v) is 7.44. The number of para-hydroxylation sites is 1. The molecule has 3 rings (SSSR count). The molecular formula is C17H16O4S. The number of ketones is 1. The highest BCUT2D eigenvalue weighted by Crippen LogP contribution is 2.31. The highest BCUT2D eigenvalue weighted by molar-refractivity contribution is 7.92. The molecule has 0 spiro atoms. The van der Waals surface area contributed by atoms with Crippen LogP contribution in [0.3, 0.4) is 0 Å². The minimum atomic E-state index is -3.47. The van der Waals surface area contributed by atoms with Crippen LogP contribution in [0.2, 0.25) is 0 Å². The lowest BCUT2D eigenvalue weighted by Gasteiger charge is -2.23. The van der Waals surface area contributed by atoms with Crippen LogP contribution in [-0.4, -0.2) is 26.1 Å². The third kappa shape index (κ3) is 2.76. The van der Waals surface area contributed by atoms with Crippen molar-refractivity contribution in [2.75, 3.05) is 6.61 Å². The van der Waals surface area contributed by atoms with Gasteiger partial charge in [0.15, 0.2) is 15.6 Å². The summed E-state index contributed by atoms with van der Waals surface area (Å²) in [5.74, 6) is 0.581. The van der Waals surface area contributed by atoms with E-state index in [1.165, 1.54) is 6.07 Å². The molecule has 22 heavy (non-hydrogen) atoms. The molecule has 0 saturated heterocycles. The van der Waals surface area contributed by atoms with Gasteiger partial charge in [0.05, 0.1) is 16.8 Å². The van der Waals surface area contributed by atoms with E-state index >= 15 is 0 Å². The molecule has 0 fully saturated rings. The highest BCUT2D eigenvalue weighted by atomic mass is 32.2. The van der Waals surface area contributed by atoms with Gasteiger partial charge in [-0.15, -0.1) is 0 Å². The van der Waals surface area contributed by atoms with Crippen LogP contribution in [0.5, 0.6) is 5.75 Å². The molecule has 0 aliphatic carbocycles. The number of hydrogen-bond donors (Lipinski definition) is 0.